The second-order valence-electron chi connectivity index (χ2n) is 5.53. The van der Waals surface area contributed by atoms with Crippen molar-refractivity contribution in [1.82, 2.24) is 15.1 Å². The standard InChI is InChI=1S/C18H17N5O3/c1-14(24)26-13-22-21-19-18(16-10-6-3-7-11-16)23(22)20-17(25)12-15-8-4-2-5-9-15/h2-11H,12-13H2,1H3/p+1. The minimum absolute atomic E-state index is 0.166. The highest BCUT2D eigenvalue weighted by molar-refractivity contribution is 5.85. The molecular weight excluding hydrogens is 334 g/mol. The molecule has 1 amide bonds. The van der Waals surface area contributed by atoms with Crippen LogP contribution in [0.4, 0.5) is 0 Å². The van der Waals surface area contributed by atoms with Gasteiger partial charge in [0.05, 0.1) is 11.6 Å². The summed E-state index contributed by atoms with van der Waals surface area (Å²) in [6.45, 7) is 1.13. The predicted molar refractivity (Wildman–Crippen MR) is 91.9 cm³/mol. The van der Waals surface area contributed by atoms with E-state index in [4.69, 9.17) is 4.74 Å². The molecule has 1 heterocycles. The van der Waals surface area contributed by atoms with Crippen molar-refractivity contribution < 1.29 is 19.1 Å². The van der Waals surface area contributed by atoms with Crippen LogP contribution < -0.4 is 10.2 Å². The highest BCUT2D eigenvalue weighted by Crippen LogP contribution is 2.13. The van der Waals surface area contributed by atoms with E-state index in [1.165, 1.54) is 16.5 Å². The van der Waals surface area contributed by atoms with Crippen LogP contribution >= 0.6 is 0 Å². The van der Waals surface area contributed by atoms with Crippen molar-refractivity contribution in [3.63, 3.8) is 0 Å². The predicted octanol–water partition coefficient (Wildman–Crippen LogP) is 1.07. The van der Waals surface area contributed by atoms with Gasteiger partial charge in [-0.15, -0.1) is 0 Å². The number of carbonyl (C=O) groups is 2. The number of carbonyl (C=O) groups excluding carboxylic acids is 2. The molecule has 0 spiro atoms. The number of nitrogens with zero attached hydrogens (tertiary/aromatic N) is 4. The summed E-state index contributed by atoms with van der Waals surface area (Å²) in [7, 11) is 0. The van der Waals surface area contributed by atoms with Gasteiger partial charge in [0.25, 0.3) is 6.73 Å². The number of tetrazole rings is 1. The molecule has 2 aromatic carbocycles. The van der Waals surface area contributed by atoms with Crippen molar-refractivity contribution in [2.24, 2.45) is 0 Å². The molecule has 0 aliphatic heterocycles. The first-order valence-electron chi connectivity index (χ1n) is 8.02. The third kappa shape index (κ3) is 4.29. The summed E-state index contributed by atoms with van der Waals surface area (Å²) < 4.78 is 4.97. The Morgan fingerprint density at radius 1 is 1.08 bits per heavy atom. The van der Waals surface area contributed by atoms with Gasteiger partial charge in [0.2, 0.25) is 0 Å². The van der Waals surface area contributed by atoms with E-state index in [1.54, 1.807) is 0 Å². The molecule has 0 radical (unpaired) electrons. The molecule has 8 nitrogen and oxygen atoms in total. The van der Waals surface area contributed by atoms with Crippen LogP contribution in [0.2, 0.25) is 0 Å². The van der Waals surface area contributed by atoms with Crippen molar-refractivity contribution >= 4 is 11.9 Å². The van der Waals surface area contributed by atoms with Gasteiger partial charge in [-0.25, -0.2) is 0 Å². The summed E-state index contributed by atoms with van der Waals surface area (Å²) in [5.41, 5.74) is 4.40. The lowest BCUT2D eigenvalue weighted by atomic mass is 10.1. The van der Waals surface area contributed by atoms with Crippen molar-refractivity contribution in [3.8, 4) is 11.4 Å². The van der Waals surface area contributed by atoms with Gasteiger partial charge in [0.15, 0.2) is 0 Å². The van der Waals surface area contributed by atoms with Crippen LogP contribution in [0, 0.1) is 0 Å². The number of nitrogens with one attached hydrogen (secondary N) is 1. The fraction of sp³-hybridized carbons (Fsp3) is 0.167. The lowest BCUT2D eigenvalue weighted by molar-refractivity contribution is -0.846. The molecule has 26 heavy (non-hydrogen) atoms. The number of hydrogen-bond acceptors (Lipinski definition) is 5. The lowest BCUT2D eigenvalue weighted by Gasteiger charge is -2.06. The molecule has 1 aromatic heterocycles. The Bertz CT molecular complexity index is 894. The van der Waals surface area contributed by atoms with Crippen LogP contribution in [-0.4, -0.2) is 27.0 Å². The summed E-state index contributed by atoms with van der Waals surface area (Å²) in [6, 6.07) is 18.7. The zero-order valence-electron chi connectivity index (χ0n) is 14.2. The number of benzene rings is 2. The third-order valence-corrected chi connectivity index (χ3v) is 3.53. The molecule has 0 fully saturated rings. The topological polar surface area (TPSA) is 90.0 Å². The Kier molecular flexibility index (Phi) is 5.33. The molecular formula is C18H18N5O3+. The summed E-state index contributed by atoms with van der Waals surface area (Å²) >= 11 is 0. The average Bonchev–Trinajstić information content (AvgIpc) is 3.04. The van der Waals surface area contributed by atoms with E-state index in [0.717, 1.165) is 11.1 Å². The van der Waals surface area contributed by atoms with E-state index in [2.05, 4.69) is 15.7 Å². The molecule has 0 aliphatic rings. The van der Waals surface area contributed by atoms with E-state index in [-0.39, 0.29) is 19.1 Å². The van der Waals surface area contributed by atoms with Gasteiger partial charge in [-0.3, -0.25) is 9.59 Å². The fourth-order valence-electron chi connectivity index (χ4n) is 2.33. The van der Waals surface area contributed by atoms with Crippen LogP contribution in [0.3, 0.4) is 0 Å². The van der Waals surface area contributed by atoms with Crippen LogP contribution in [0.25, 0.3) is 11.4 Å². The fourth-order valence-corrected chi connectivity index (χ4v) is 2.33. The maximum atomic E-state index is 12.4. The van der Waals surface area contributed by atoms with Gasteiger partial charge >= 0.3 is 17.7 Å². The highest BCUT2D eigenvalue weighted by Gasteiger charge is 2.23. The largest absolute Gasteiger partial charge is 0.427 e. The molecule has 8 heteroatoms. The molecule has 3 aromatic rings. The first-order chi connectivity index (χ1) is 12.6. The smallest absolute Gasteiger partial charge is 0.306 e. The monoisotopic (exact) mass is 352 g/mol. The minimum atomic E-state index is -0.455. The van der Waals surface area contributed by atoms with E-state index < -0.39 is 5.97 Å². The third-order valence-electron chi connectivity index (χ3n) is 3.53. The molecule has 132 valence electrons. The van der Waals surface area contributed by atoms with Gasteiger partial charge in [0, 0.05) is 17.6 Å². The summed E-state index contributed by atoms with van der Waals surface area (Å²) in [5.74, 6) is -0.271. The summed E-state index contributed by atoms with van der Waals surface area (Å²) in [5, 5.41) is 8.06. The molecule has 0 aliphatic carbocycles. The van der Waals surface area contributed by atoms with Crippen LogP contribution in [0.1, 0.15) is 12.5 Å². The Labute approximate surface area is 150 Å². The average molecular weight is 352 g/mol. The lowest BCUT2D eigenvalue weighted by Crippen LogP contribution is -2.52. The van der Waals surface area contributed by atoms with Crippen molar-refractivity contribution in [2.45, 2.75) is 20.1 Å². The van der Waals surface area contributed by atoms with E-state index in [0.29, 0.717) is 5.82 Å². The molecule has 3 rings (SSSR count). The second kappa shape index (κ2) is 8.02. The van der Waals surface area contributed by atoms with Crippen molar-refractivity contribution in [1.29, 1.82) is 0 Å². The summed E-state index contributed by atoms with van der Waals surface area (Å²) in [4.78, 5) is 26.2. The SMILES string of the molecule is CC(=O)OC[n+]1nnc(-c2ccccc2)n1NC(=O)Cc1ccccc1. The van der Waals surface area contributed by atoms with Crippen molar-refractivity contribution in [3.05, 3.63) is 66.2 Å². The molecule has 0 atom stereocenters. The minimum Gasteiger partial charge on any atom is -0.427 e. The van der Waals surface area contributed by atoms with Gasteiger partial charge < -0.3 is 4.74 Å². The van der Waals surface area contributed by atoms with Gasteiger partial charge in [0.1, 0.15) is 0 Å². The number of aromatic nitrogens is 4. The van der Waals surface area contributed by atoms with Crippen LogP contribution in [0.5, 0.6) is 0 Å². The number of hydrogen-bond donors (Lipinski definition) is 1. The Hall–Kier alpha value is -3.55. The maximum Gasteiger partial charge on any atom is 0.306 e. The van der Waals surface area contributed by atoms with E-state index in [1.807, 2.05) is 60.7 Å². The normalized spacial score (nSPS) is 10.3. The van der Waals surface area contributed by atoms with Crippen molar-refractivity contribution in [2.75, 3.05) is 5.43 Å². The molecule has 0 unspecified atom stereocenters. The molecule has 0 saturated carbocycles. The van der Waals surface area contributed by atoms with Crippen LogP contribution in [0.15, 0.2) is 60.7 Å². The zero-order valence-corrected chi connectivity index (χ0v) is 14.2. The second-order valence-corrected chi connectivity index (χ2v) is 5.53. The Morgan fingerprint density at radius 3 is 2.38 bits per heavy atom. The quantitative estimate of drug-likeness (QED) is 0.529. The highest BCUT2D eigenvalue weighted by atomic mass is 16.5. The molecule has 0 saturated heterocycles. The zero-order chi connectivity index (χ0) is 18.4. The Morgan fingerprint density at radius 2 is 1.73 bits per heavy atom. The molecule has 0 bridgehead atoms. The Balaban J connectivity index is 1.85. The molecule has 1 N–H and O–H groups in total. The van der Waals surface area contributed by atoms with E-state index in [9.17, 15) is 9.59 Å². The summed E-state index contributed by atoms with van der Waals surface area (Å²) in [6.07, 6.45) is 0.195. The van der Waals surface area contributed by atoms with Gasteiger partial charge in [-0.1, -0.05) is 48.5 Å². The van der Waals surface area contributed by atoms with Crippen LogP contribution in [-0.2, 0) is 27.5 Å². The number of esters is 1. The van der Waals surface area contributed by atoms with Gasteiger partial charge in [-0.2, -0.15) is 5.43 Å². The van der Waals surface area contributed by atoms with Gasteiger partial charge in [-0.05, 0) is 27.3 Å². The number of rotatable bonds is 6. The number of ether oxygens (including phenoxy) is 1. The first kappa shape index (κ1) is 17.3. The first-order valence-corrected chi connectivity index (χ1v) is 8.02. The van der Waals surface area contributed by atoms with E-state index >= 15 is 0 Å². The maximum absolute atomic E-state index is 12.4. The number of amides is 1.